The number of hydrogen-bond donors (Lipinski definition) is 0. The van der Waals surface area contributed by atoms with E-state index in [1.54, 1.807) is 17.0 Å². The van der Waals surface area contributed by atoms with Crippen molar-refractivity contribution in [3.05, 3.63) is 58.1 Å². The van der Waals surface area contributed by atoms with Crippen molar-refractivity contribution in [1.82, 2.24) is 0 Å². The van der Waals surface area contributed by atoms with Gasteiger partial charge in [0.05, 0.1) is 25.5 Å². The van der Waals surface area contributed by atoms with E-state index in [1.807, 2.05) is 38.1 Å². The van der Waals surface area contributed by atoms with Crippen LogP contribution in [-0.4, -0.2) is 32.3 Å². The number of carbonyl (C=O) groups excluding carboxylic acids is 1. The van der Waals surface area contributed by atoms with Crippen molar-refractivity contribution in [2.75, 3.05) is 31.3 Å². The number of benzene rings is 2. The Hall–Kier alpha value is -2.08. The SMILES string of the molecule is Cc1ccc(C)c2c1N(CCCOc1ccc(Cl)cc1)C(=O)C21OCCCO1. The number of nitrogens with zero attached hydrogens (tertiary/aromatic N) is 1. The van der Waals surface area contributed by atoms with Crippen LogP contribution in [0.3, 0.4) is 0 Å². The van der Waals surface area contributed by atoms with E-state index in [-0.39, 0.29) is 5.91 Å². The molecule has 0 aromatic heterocycles. The zero-order valence-corrected chi connectivity index (χ0v) is 16.9. The predicted molar refractivity (Wildman–Crippen MR) is 108 cm³/mol. The van der Waals surface area contributed by atoms with Gasteiger partial charge in [-0.1, -0.05) is 23.7 Å². The van der Waals surface area contributed by atoms with Gasteiger partial charge in [0, 0.05) is 17.1 Å². The molecule has 1 spiro atoms. The van der Waals surface area contributed by atoms with Crippen LogP contribution >= 0.6 is 11.6 Å². The maximum absolute atomic E-state index is 13.4. The molecular weight excluding hydrogens is 378 g/mol. The van der Waals surface area contributed by atoms with Gasteiger partial charge in [0.1, 0.15) is 5.75 Å². The summed E-state index contributed by atoms with van der Waals surface area (Å²) in [5.74, 6) is -0.660. The van der Waals surface area contributed by atoms with Crippen LogP contribution in [0.5, 0.6) is 5.75 Å². The normalized spacial score (nSPS) is 17.8. The maximum Gasteiger partial charge on any atom is 0.292 e. The standard InChI is InChI=1S/C22H24ClNO4/c1-15-5-6-16(2)20-19(15)22(27-13-4-14-28-22)21(25)24(20)11-3-12-26-18-9-7-17(23)8-10-18/h5-10H,3-4,11-14H2,1-2H3. The summed E-state index contributed by atoms with van der Waals surface area (Å²) in [7, 11) is 0. The summed E-state index contributed by atoms with van der Waals surface area (Å²) >= 11 is 5.90. The van der Waals surface area contributed by atoms with E-state index in [9.17, 15) is 4.79 Å². The van der Waals surface area contributed by atoms with Gasteiger partial charge in [-0.05, 0) is 62.1 Å². The van der Waals surface area contributed by atoms with Crippen LogP contribution in [-0.2, 0) is 20.1 Å². The van der Waals surface area contributed by atoms with Gasteiger partial charge in [0.2, 0.25) is 0 Å². The predicted octanol–water partition coefficient (Wildman–Crippen LogP) is 4.36. The molecule has 0 N–H and O–H groups in total. The minimum Gasteiger partial charge on any atom is -0.494 e. The lowest BCUT2D eigenvalue weighted by molar-refractivity contribution is -0.257. The Labute approximate surface area is 170 Å². The number of carbonyl (C=O) groups is 1. The van der Waals surface area contributed by atoms with Gasteiger partial charge < -0.3 is 19.1 Å². The molecule has 2 aromatic rings. The zero-order valence-electron chi connectivity index (χ0n) is 16.2. The van der Waals surface area contributed by atoms with E-state index in [0.717, 1.165) is 34.5 Å². The summed E-state index contributed by atoms with van der Waals surface area (Å²) in [5.41, 5.74) is 3.83. The molecule has 148 valence electrons. The number of ether oxygens (including phenoxy) is 3. The van der Waals surface area contributed by atoms with Crippen LogP contribution in [0.25, 0.3) is 0 Å². The molecule has 5 nitrogen and oxygen atoms in total. The molecule has 0 unspecified atom stereocenters. The summed E-state index contributed by atoms with van der Waals surface area (Å²) in [6.45, 7) is 6.10. The molecule has 28 heavy (non-hydrogen) atoms. The Kier molecular flexibility index (Phi) is 5.32. The first-order valence-electron chi connectivity index (χ1n) is 9.62. The molecule has 4 rings (SSSR count). The molecule has 1 saturated heterocycles. The fraction of sp³-hybridized carbons (Fsp3) is 0.409. The highest BCUT2D eigenvalue weighted by atomic mass is 35.5. The highest BCUT2D eigenvalue weighted by molar-refractivity contribution is 6.30. The van der Waals surface area contributed by atoms with E-state index in [0.29, 0.717) is 37.8 Å². The third-order valence-electron chi connectivity index (χ3n) is 5.22. The molecule has 0 bridgehead atoms. The van der Waals surface area contributed by atoms with Gasteiger partial charge in [-0.15, -0.1) is 0 Å². The summed E-state index contributed by atoms with van der Waals surface area (Å²) in [6.07, 6.45) is 1.49. The van der Waals surface area contributed by atoms with Crippen molar-refractivity contribution in [2.45, 2.75) is 32.5 Å². The average molecular weight is 402 g/mol. The highest BCUT2D eigenvalue weighted by Crippen LogP contribution is 2.48. The van der Waals surface area contributed by atoms with Crippen molar-refractivity contribution in [1.29, 1.82) is 0 Å². The molecule has 2 aliphatic heterocycles. The van der Waals surface area contributed by atoms with Gasteiger partial charge in [0.25, 0.3) is 11.7 Å². The molecule has 2 aliphatic rings. The van der Waals surface area contributed by atoms with Crippen molar-refractivity contribution in [3.63, 3.8) is 0 Å². The Morgan fingerprint density at radius 2 is 1.75 bits per heavy atom. The zero-order chi connectivity index (χ0) is 19.7. The van der Waals surface area contributed by atoms with Crippen LogP contribution in [0.1, 0.15) is 29.5 Å². The van der Waals surface area contributed by atoms with Crippen molar-refractivity contribution in [2.24, 2.45) is 0 Å². The molecule has 0 radical (unpaired) electrons. The van der Waals surface area contributed by atoms with Crippen LogP contribution in [0.15, 0.2) is 36.4 Å². The first-order valence-corrected chi connectivity index (χ1v) is 9.99. The topological polar surface area (TPSA) is 48.0 Å². The average Bonchev–Trinajstić information content (AvgIpc) is 2.94. The third kappa shape index (κ3) is 3.28. The summed E-state index contributed by atoms with van der Waals surface area (Å²) in [5, 5.41) is 0.676. The minimum absolute atomic E-state index is 0.133. The monoisotopic (exact) mass is 401 g/mol. The second-order valence-electron chi connectivity index (χ2n) is 7.20. The second-order valence-corrected chi connectivity index (χ2v) is 7.64. The second kappa shape index (κ2) is 7.74. The smallest absolute Gasteiger partial charge is 0.292 e. The Balaban J connectivity index is 1.52. The molecular formula is C22H24ClNO4. The van der Waals surface area contributed by atoms with Crippen LogP contribution in [0, 0.1) is 13.8 Å². The van der Waals surface area contributed by atoms with Gasteiger partial charge in [-0.2, -0.15) is 0 Å². The largest absolute Gasteiger partial charge is 0.494 e. The van der Waals surface area contributed by atoms with Gasteiger partial charge in [-0.3, -0.25) is 4.79 Å². The molecule has 2 heterocycles. The van der Waals surface area contributed by atoms with Gasteiger partial charge >= 0.3 is 0 Å². The van der Waals surface area contributed by atoms with E-state index < -0.39 is 5.79 Å². The molecule has 0 saturated carbocycles. The number of aryl methyl sites for hydroxylation is 2. The third-order valence-corrected chi connectivity index (χ3v) is 5.47. The number of anilines is 1. The lowest BCUT2D eigenvalue weighted by atomic mass is 9.97. The van der Waals surface area contributed by atoms with Crippen molar-refractivity contribution >= 4 is 23.2 Å². The maximum atomic E-state index is 13.4. The molecule has 0 aliphatic carbocycles. The summed E-state index contributed by atoms with van der Waals surface area (Å²) in [4.78, 5) is 15.2. The lowest BCUT2D eigenvalue weighted by Crippen LogP contribution is -2.47. The summed E-state index contributed by atoms with van der Waals surface area (Å²) in [6, 6.07) is 11.3. The van der Waals surface area contributed by atoms with Crippen LogP contribution in [0.4, 0.5) is 5.69 Å². The van der Waals surface area contributed by atoms with Crippen molar-refractivity contribution < 1.29 is 19.0 Å². The highest BCUT2D eigenvalue weighted by Gasteiger charge is 2.55. The lowest BCUT2D eigenvalue weighted by Gasteiger charge is -2.33. The molecule has 1 amide bonds. The van der Waals surface area contributed by atoms with Gasteiger partial charge in [-0.25, -0.2) is 0 Å². The molecule has 0 atom stereocenters. The van der Waals surface area contributed by atoms with Crippen molar-refractivity contribution in [3.8, 4) is 5.75 Å². The Morgan fingerprint density at radius 3 is 2.46 bits per heavy atom. The fourth-order valence-electron chi connectivity index (χ4n) is 3.90. The van der Waals surface area contributed by atoms with Gasteiger partial charge in [0.15, 0.2) is 0 Å². The Morgan fingerprint density at radius 1 is 1.07 bits per heavy atom. The first kappa shape index (κ1) is 19.2. The minimum atomic E-state index is -1.29. The van der Waals surface area contributed by atoms with E-state index >= 15 is 0 Å². The first-order chi connectivity index (χ1) is 13.5. The quantitative estimate of drug-likeness (QED) is 0.698. The number of fused-ring (bicyclic) bond motifs is 2. The molecule has 2 aromatic carbocycles. The number of halogens is 1. The van der Waals surface area contributed by atoms with Crippen LogP contribution < -0.4 is 9.64 Å². The fourth-order valence-corrected chi connectivity index (χ4v) is 4.03. The summed E-state index contributed by atoms with van der Waals surface area (Å²) < 4.78 is 17.7. The van der Waals surface area contributed by atoms with E-state index in [1.165, 1.54) is 0 Å². The van der Waals surface area contributed by atoms with E-state index in [2.05, 4.69) is 0 Å². The molecule has 1 fully saturated rings. The van der Waals surface area contributed by atoms with Crippen LogP contribution in [0.2, 0.25) is 5.02 Å². The number of amides is 1. The molecule has 6 heteroatoms. The number of hydrogen-bond acceptors (Lipinski definition) is 4. The van der Waals surface area contributed by atoms with E-state index in [4.69, 9.17) is 25.8 Å². The Bertz CT molecular complexity index is 875. The number of rotatable bonds is 5.